The maximum atomic E-state index is 12.5. The van der Waals surface area contributed by atoms with Crippen LogP contribution in [0.3, 0.4) is 0 Å². The second-order valence-corrected chi connectivity index (χ2v) is 6.95. The van der Waals surface area contributed by atoms with Gasteiger partial charge in [-0.1, -0.05) is 30.3 Å². The molecule has 6 nitrogen and oxygen atoms in total. The van der Waals surface area contributed by atoms with Crippen molar-refractivity contribution >= 4 is 17.3 Å². The fourth-order valence-corrected chi connectivity index (χ4v) is 2.66. The molecule has 0 saturated heterocycles. The van der Waals surface area contributed by atoms with Crippen molar-refractivity contribution < 1.29 is 9.53 Å². The molecule has 0 radical (unpaired) electrons. The molecule has 0 bridgehead atoms. The van der Waals surface area contributed by atoms with Crippen LogP contribution >= 0.6 is 0 Å². The molecule has 1 amide bonds. The topological polar surface area (TPSA) is 66.5 Å². The van der Waals surface area contributed by atoms with Gasteiger partial charge in [0.05, 0.1) is 11.3 Å². The highest BCUT2D eigenvalue weighted by atomic mass is 16.5. The summed E-state index contributed by atoms with van der Waals surface area (Å²) in [5, 5.41) is 6.16. The predicted octanol–water partition coefficient (Wildman–Crippen LogP) is 3.89. The minimum Gasteiger partial charge on any atom is -0.489 e. The third-order valence-corrected chi connectivity index (χ3v) is 4.25. The predicted molar refractivity (Wildman–Crippen MR) is 116 cm³/mol. The maximum absolute atomic E-state index is 12.5. The number of pyridine rings is 1. The minimum absolute atomic E-state index is 0.202. The Morgan fingerprint density at radius 3 is 2.48 bits per heavy atom. The number of anilines is 2. The quantitative estimate of drug-likeness (QED) is 0.580. The number of nitrogens with zero attached hydrogens (tertiary/aromatic N) is 2. The number of benzene rings is 2. The van der Waals surface area contributed by atoms with Crippen molar-refractivity contribution in [1.82, 2.24) is 9.88 Å². The smallest absolute Gasteiger partial charge is 0.257 e. The van der Waals surface area contributed by atoms with Crippen LogP contribution in [0.5, 0.6) is 5.75 Å². The van der Waals surface area contributed by atoms with Crippen molar-refractivity contribution in [1.29, 1.82) is 0 Å². The molecule has 3 aromatic rings. The van der Waals surface area contributed by atoms with Crippen molar-refractivity contribution in [2.75, 3.05) is 37.8 Å². The summed E-state index contributed by atoms with van der Waals surface area (Å²) in [7, 11) is 4.03. The number of nitrogens with one attached hydrogen (secondary N) is 2. The highest BCUT2D eigenvalue weighted by Gasteiger charge is 2.08. The van der Waals surface area contributed by atoms with E-state index in [1.54, 1.807) is 18.5 Å². The Morgan fingerprint density at radius 2 is 1.76 bits per heavy atom. The van der Waals surface area contributed by atoms with E-state index < -0.39 is 0 Å². The van der Waals surface area contributed by atoms with Crippen LogP contribution in [0, 0.1) is 0 Å². The zero-order valence-electron chi connectivity index (χ0n) is 16.8. The van der Waals surface area contributed by atoms with Crippen LogP contribution in [-0.4, -0.2) is 43.0 Å². The Bertz CT molecular complexity index is 912. The molecule has 150 valence electrons. The molecular formula is C23H26N4O2. The molecule has 0 spiro atoms. The fourth-order valence-electron chi connectivity index (χ4n) is 2.66. The van der Waals surface area contributed by atoms with E-state index in [4.69, 9.17) is 4.74 Å². The first-order valence-corrected chi connectivity index (χ1v) is 9.52. The Kier molecular flexibility index (Phi) is 7.19. The number of hydrogen-bond acceptors (Lipinski definition) is 5. The Hall–Kier alpha value is -3.38. The maximum Gasteiger partial charge on any atom is 0.257 e. The molecular weight excluding hydrogens is 364 g/mol. The monoisotopic (exact) mass is 390 g/mol. The summed E-state index contributed by atoms with van der Waals surface area (Å²) >= 11 is 0. The van der Waals surface area contributed by atoms with E-state index in [1.165, 1.54) is 0 Å². The van der Waals surface area contributed by atoms with Gasteiger partial charge in [-0.25, -0.2) is 0 Å². The van der Waals surface area contributed by atoms with Gasteiger partial charge in [-0.3, -0.25) is 9.78 Å². The normalized spacial score (nSPS) is 10.6. The summed E-state index contributed by atoms with van der Waals surface area (Å²) in [4.78, 5) is 18.8. The molecule has 2 N–H and O–H groups in total. The Labute approximate surface area is 171 Å². The molecule has 0 saturated carbocycles. The van der Waals surface area contributed by atoms with E-state index in [0.29, 0.717) is 17.9 Å². The van der Waals surface area contributed by atoms with Crippen molar-refractivity contribution in [3.8, 4) is 5.75 Å². The number of likely N-dealkylation sites (N-methyl/N-ethyl adjacent to an activating group) is 1. The van der Waals surface area contributed by atoms with Gasteiger partial charge in [-0.15, -0.1) is 0 Å². The third-order valence-electron chi connectivity index (χ3n) is 4.25. The molecule has 0 aliphatic carbocycles. The van der Waals surface area contributed by atoms with Gasteiger partial charge in [-0.2, -0.15) is 0 Å². The summed E-state index contributed by atoms with van der Waals surface area (Å²) in [6.45, 7) is 2.19. The second kappa shape index (κ2) is 10.2. The molecule has 1 aromatic heterocycles. The highest BCUT2D eigenvalue weighted by Crippen LogP contribution is 2.18. The zero-order chi connectivity index (χ0) is 20.5. The lowest BCUT2D eigenvalue weighted by molar-refractivity contribution is 0.102. The first-order valence-electron chi connectivity index (χ1n) is 9.52. The van der Waals surface area contributed by atoms with Crippen molar-refractivity contribution in [2.45, 2.75) is 6.61 Å². The molecule has 1 heterocycles. The average molecular weight is 390 g/mol. The number of carbonyl (C=O) groups excluding carboxylic acids is 1. The van der Waals surface area contributed by atoms with Gasteiger partial charge in [0.1, 0.15) is 12.4 Å². The largest absolute Gasteiger partial charge is 0.489 e. The van der Waals surface area contributed by atoms with Crippen LogP contribution in [0.4, 0.5) is 11.4 Å². The summed E-state index contributed by atoms with van der Waals surface area (Å²) in [6.07, 6.45) is 3.27. The van der Waals surface area contributed by atoms with Crippen LogP contribution in [0.25, 0.3) is 0 Å². The molecule has 0 atom stereocenters. The van der Waals surface area contributed by atoms with Gasteiger partial charge < -0.3 is 20.3 Å². The number of rotatable bonds is 9. The van der Waals surface area contributed by atoms with Crippen LogP contribution in [0.15, 0.2) is 73.1 Å². The van der Waals surface area contributed by atoms with E-state index in [2.05, 4.69) is 20.5 Å². The fraction of sp³-hybridized carbons (Fsp3) is 0.217. The van der Waals surface area contributed by atoms with E-state index in [1.807, 2.05) is 68.7 Å². The van der Waals surface area contributed by atoms with Crippen LogP contribution < -0.4 is 15.4 Å². The molecule has 3 rings (SSSR count). The number of ether oxygens (including phenoxy) is 1. The van der Waals surface area contributed by atoms with Gasteiger partial charge in [0.2, 0.25) is 0 Å². The Balaban J connectivity index is 1.53. The lowest BCUT2D eigenvalue weighted by Crippen LogP contribution is -2.21. The molecule has 6 heteroatoms. The lowest BCUT2D eigenvalue weighted by atomic mass is 10.2. The lowest BCUT2D eigenvalue weighted by Gasteiger charge is -2.12. The highest BCUT2D eigenvalue weighted by molar-refractivity contribution is 6.04. The van der Waals surface area contributed by atoms with Crippen LogP contribution in [-0.2, 0) is 6.61 Å². The average Bonchev–Trinajstić information content (AvgIpc) is 2.74. The standard InChI is InChI=1S/C23H26N4O2/c1-27(2)13-12-25-21-14-19(15-24-16-21)23(28)26-20-8-10-22(11-9-20)29-17-18-6-4-3-5-7-18/h3-11,14-16,25H,12-13,17H2,1-2H3,(H,26,28). The summed E-state index contributed by atoms with van der Waals surface area (Å²) < 4.78 is 5.77. The molecule has 0 unspecified atom stereocenters. The zero-order valence-corrected chi connectivity index (χ0v) is 16.8. The first-order chi connectivity index (χ1) is 14.1. The van der Waals surface area contributed by atoms with Crippen molar-refractivity contribution in [2.24, 2.45) is 0 Å². The number of aromatic nitrogens is 1. The van der Waals surface area contributed by atoms with E-state index in [0.717, 1.165) is 30.1 Å². The number of hydrogen-bond donors (Lipinski definition) is 2. The van der Waals surface area contributed by atoms with Crippen molar-refractivity contribution in [3.05, 3.63) is 84.2 Å². The SMILES string of the molecule is CN(C)CCNc1cncc(C(=O)Nc2ccc(OCc3ccccc3)cc2)c1. The van der Waals surface area contributed by atoms with Crippen LogP contribution in [0.2, 0.25) is 0 Å². The molecule has 29 heavy (non-hydrogen) atoms. The molecule has 0 fully saturated rings. The molecule has 0 aliphatic rings. The summed E-state index contributed by atoms with van der Waals surface area (Å²) in [5.74, 6) is 0.548. The van der Waals surface area contributed by atoms with Gasteiger partial charge in [0, 0.05) is 31.2 Å². The summed E-state index contributed by atoms with van der Waals surface area (Å²) in [6, 6.07) is 19.1. The van der Waals surface area contributed by atoms with Crippen LogP contribution in [0.1, 0.15) is 15.9 Å². The number of carbonyl (C=O) groups is 1. The Morgan fingerprint density at radius 1 is 1.00 bits per heavy atom. The third kappa shape index (κ3) is 6.62. The second-order valence-electron chi connectivity index (χ2n) is 6.95. The summed E-state index contributed by atoms with van der Waals surface area (Å²) in [5.41, 5.74) is 3.14. The van der Waals surface area contributed by atoms with Gasteiger partial charge in [-0.05, 0) is 50.0 Å². The molecule has 2 aromatic carbocycles. The van der Waals surface area contributed by atoms with E-state index in [-0.39, 0.29) is 5.91 Å². The number of amides is 1. The minimum atomic E-state index is -0.202. The first kappa shape index (κ1) is 20.4. The van der Waals surface area contributed by atoms with Crippen molar-refractivity contribution in [3.63, 3.8) is 0 Å². The van der Waals surface area contributed by atoms with E-state index in [9.17, 15) is 4.79 Å². The van der Waals surface area contributed by atoms with Gasteiger partial charge >= 0.3 is 0 Å². The van der Waals surface area contributed by atoms with Gasteiger partial charge in [0.25, 0.3) is 5.91 Å². The van der Waals surface area contributed by atoms with Gasteiger partial charge in [0.15, 0.2) is 0 Å². The van der Waals surface area contributed by atoms with E-state index >= 15 is 0 Å². The molecule has 0 aliphatic heterocycles.